The fourth-order valence-corrected chi connectivity index (χ4v) is 3.08. The lowest BCUT2D eigenvalue weighted by atomic mass is 10.2. The van der Waals surface area contributed by atoms with Crippen LogP contribution >= 0.6 is 11.8 Å². The smallest absolute Gasteiger partial charge is 0.0207 e. The van der Waals surface area contributed by atoms with Crippen LogP contribution in [0.4, 0.5) is 0 Å². The first kappa shape index (κ1) is 12.3. The van der Waals surface area contributed by atoms with E-state index in [1.54, 1.807) is 0 Å². The van der Waals surface area contributed by atoms with Crippen LogP contribution in [0.2, 0.25) is 0 Å². The first-order valence-electron chi connectivity index (χ1n) is 5.78. The Hall–Kier alpha value is 0.270. The van der Waals surface area contributed by atoms with E-state index in [1.165, 1.54) is 31.7 Å². The van der Waals surface area contributed by atoms with Crippen LogP contribution in [0.3, 0.4) is 0 Å². The van der Waals surface area contributed by atoms with Crippen molar-refractivity contribution in [3.63, 3.8) is 0 Å². The maximum absolute atomic E-state index is 3.55. The number of hydrogen-bond acceptors (Lipinski definition) is 3. The van der Waals surface area contributed by atoms with Gasteiger partial charge in [0, 0.05) is 30.9 Å². The van der Waals surface area contributed by atoms with E-state index in [9.17, 15) is 0 Å². The van der Waals surface area contributed by atoms with Crippen molar-refractivity contribution >= 4 is 11.8 Å². The molecule has 0 radical (unpaired) electrons. The number of nitrogens with one attached hydrogen (secondary N) is 1. The van der Waals surface area contributed by atoms with Crippen molar-refractivity contribution in [2.75, 3.05) is 31.6 Å². The largest absolute Gasteiger partial charge is 0.313 e. The van der Waals surface area contributed by atoms with Crippen molar-refractivity contribution in [1.29, 1.82) is 0 Å². The molecule has 2 unspecified atom stereocenters. The average Bonchev–Trinajstić information content (AvgIpc) is 2.63. The highest BCUT2D eigenvalue weighted by Gasteiger charge is 2.26. The monoisotopic (exact) mass is 216 g/mol. The lowest BCUT2D eigenvalue weighted by Gasteiger charge is -2.26. The summed E-state index contributed by atoms with van der Waals surface area (Å²) in [5.41, 5.74) is 0. The third-order valence-electron chi connectivity index (χ3n) is 3.06. The molecule has 0 aromatic carbocycles. The van der Waals surface area contributed by atoms with Gasteiger partial charge in [-0.1, -0.05) is 13.8 Å². The highest BCUT2D eigenvalue weighted by molar-refractivity contribution is 7.98. The van der Waals surface area contributed by atoms with Crippen molar-refractivity contribution < 1.29 is 0 Å². The summed E-state index contributed by atoms with van der Waals surface area (Å²) in [5.74, 6) is 1.29. The molecule has 3 heteroatoms. The van der Waals surface area contributed by atoms with E-state index in [0.29, 0.717) is 0 Å². The summed E-state index contributed by atoms with van der Waals surface area (Å²) >= 11 is 1.97. The minimum atomic E-state index is 0.746. The molecule has 0 amide bonds. The molecule has 84 valence electrons. The molecular formula is C11H24N2S. The number of nitrogens with zero attached hydrogens (tertiary/aromatic N) is 1. The summed E-state index contributed by atoms with van der Waals surface area (Å²) in [6.45, 7) is 8.16. The summed E-state index contributed by atoms with van der Waals surface area (Å²) in [4.78, 5) is 2.66. The first-order chi connectivity index (χ1) is 6.81. The zero-order valence-electron chi connectivity index (χ0n) is 9.75. The van der Waals surface area contributed by atoms with Crippen LogP contribution in [0.5, 0.6) is 0 Å². The summed E-state index contributed by atoms with van der Waals surface area (Å²) in [6, 6.07) is 1.55. The standard InChI is InChI=1S/C11H24N2S/c1-4-11(9-14-3)13-7-6-10(8-13)12-5-2/h10-12H,4-9H2,1-3H3. The van der Waals surface area contributed by atoms with Crippen LogP contribution < -0.4 is 5.32 Å². The van der Waals surface area contributed by atoms with Gasteiger partial charge in [0.2, 0.25) is 0 Å². The predicted molar refractivity (Wildman–Crippen MR) is 66.1 cm³/mol. The molecule has 14 heavy (non-hydrogen) atoms. The minimum absolute atomic E-state index is 0.746. The Morgan fingerprint density at radius 2 is 2.29 bits per heavy atom. The van der Waals surface area contributed by atoms with Crippen LogP contribution in [-0.4, -0.2) is 48.6 Å². The van der Waals surface area contributed by atoms with Crippen molar-refractivity contribution in [2.45, 2.75) is 38.8 Å². The van der Waals surface area contributed by atoms with Crippen LogP contribution in [-0.2, 0) is 0 Å². The molecule has 0 bridgehead atoms. The van der Waals surface area contributed by atoms with E-state index in [-0.39, 0.29) is 0 Å². The summed E-state index contributed by atoms with van der Waals surface area (Å²) < 4.78 is 0. The highest BCUT2D eigenvalue weighted by atomic mass is 32.2. The van der Waals surface area contributed by atoms with Gasteiger partial charge in [0.1, 0.15) is 0 Å². The number of rotatable bonds is 6. The molecule has 2 nitrogen and oxygen atoms in total. The van der Waals surface area contributed by atoms with E-state index in [1.807, 2.05) is 11.8 Å². The van der Waals surface area contributed by atoms with E-state index in [2.05, 4.69) is 30.3 Å². The lowest BCUT2D eigenvalue weighted by Crippen LogP contribution is -2.38. The van der Waals surface area contributed by atoms with E-state index in [0.717, 1.165) is 18.6 Å². The lowest BCUT2D eigenvalue weighted by molar-refractivity contribution is 0.251. The average molecular weight is 216 g/mol. The molecule has 0 saturated carbocycles. The maximum Gasteiger partial charge on any atom is 0.0207 e. The van der Waals surface area contributed by atoms with Gasteiger partial charge in [-0.05, 0) is 25.6 Å². The Kier molecular flexibility index (Phi) is 5.90. The van der Waals surface area contributed by atoms with E-state index >= 15 is 0 Å². The molecule has 1 fully saturated rings. The topological polar surface area (TPSA) is 15.3 Å². The Balaban J connectivity index is 2.31. The molecule has 0 aromatic heterocycles. The van der Waals surface area contributed by atoms with Crippen LogP contribution in [0, 0.1) is 0 Å². The molecule has 1 aliphatic rings. The number of thioether (sulfide) groups is 1. The quantitative estimate of drug-likeness (QED) is 0.729. The second-order valence-electron chi connectivity index (χ2n) is 4.06. The third-order valence-corrected chi connectivity index (χ3v) is 3.78. The van der Waals surface area contributed by atoms with Gasteiger partial charge in [0.15, 0.2) is 0 Å². The second-order valence-corrected chi connectivity index (χ2v) is 4.97. The number of likely N-dealkylation sites (N-methyl/N-ethyl adjacent to an activating group) is 1. The van der Waals surface area contributed by atoms with Gasteiger partial charge < -0.3 is 5.32 Å². The molecular weight excluding hydrogens is 192 g/mol. The molecule has 1 saturated heterocycles. The SMILES string of the molecule is CCNC1CCN(C(CC)CSC)C1. The van der Waals surface area contributed by atoms with Crippen molar-refractivity contribution in [1.82, 2.24) is 10.2 Å². The number of likely N-dealkylation sites (tertiary alicyclic amines) is 1. The minimum Gasteiger partial charge on any atom is -0.313 e. The molecule has 1 aliphatic heterocycles. The molecule has 0 aliphatic carbocycles. The molecule has 1 N–H and O–H groups in total. The van der Waals surface area contributed by atoms with Gasteiger partial charge >= 0.3 is 0 Å². The van der Waals surface area contributed by atoms with Crippen LogP contribution in [0.25, 0.3) is 0 Å². The van der Waals surface area contributed by atoms with Crippen molar-refractivity contribution in [3.8, 4) is 0 Å². The zero-order valence-corrected chi connectivity index (χ0v) is 10.6. The number of hydrogen-bond donors (Lipinski definition) is 1. The van der Waals surface area contributed by atoms with Crippen molar-refractivity contribution in [2.24, 2.45) is 0 Å². The zero-order chi connectivity index (χ0) is 10.4. The highest BCUT2D eigenvalue weighted by Crippen LogP contribution is 2.17. The van der Waals surface area contributed by atoms with Crippen LogP contribution in [0.1, 0.15) is 26.7 Å². The maximum atomic E-state index is 3.55. The fourth-order valence-electron chi connectivity index (χ4n) is 2.25. The second kappa shape index (κ2) is 6.70. The van der Waals surface area contributed by atoms with Crippen LogP contribution in [0.15, 0.2) is 0 Å². The Morgan fingerprint density at radius 1 is 1.50 bits per heavy atom. The van der Waals surface area contributed by atoms with Gasteiger partial charge in [-0.25, -0.2) is 0 Å². The molecule has 1 heterocycles. The summed E-state index contributed by atoms with van der Waals surface area (Å²) in [6.07, 6.45) is 4.83. The first-order valence-corrected chi connectivity index (χ1v) is 7.17. The molecule has 2 atom stereocenters. The third kappa shape index (κ3) is 3.44. The molecule has 0 spiro atoms. The Morgan fingerprint density at radius 3 is 2.86 bits per heavy atom. The predicted octanol–water partition coefficient (Wildman–Crippen LogP) is 1.81. The molecule has 1 rings (SSSR count). The van der Waals surface area contributed by atoms with Gasteiger partial charge in [-0.3, -0.25) is 4.90 Å². The van der Waals surface area contributed by atoms with E-state index < -0.39 is 0 Å². The summed E-state index contributed by atoms with van der Waals surface area (Å²) in [7, 11) is 0. The Bertz CT molecular complexity index is 152. The fraction of sp³-hybridized carbons (Fsp3) is 1.00. The van der Waals surface area contributed by atoms with E-state index in [4.69, 9.17) is 0 Å². The normalized spacial score (nSPS) is 25.5. The van der Waals surface area contributed by atoms with Gasteiger partial charge in [-0.15, -0.1) is 0 Å². The van der Waals surface area contributed by atoms with Gasteiger partial charge in [0.05, 0.1) is 0 Å². The van der Waals surface area contributed by atoms with Crippen molar-refractivity contribution in [3.05, 3.63) is 0 Å². The molecule has 0 aromatic rings. The van der Waals surface area contributed by atoms with Gasteiger partial charge in [-0.2, -0.15) is 11.8 Å². The Labute approximate surface area is 92.8 Å². The van der Waals surface area contributed by atoms with Gasteiger partial charge in [0.25, 0.3) is 0 Å². The summed E-state index contributed by atoms with van der Waals surface area (Å²) in [5, 5.41) is 3.55.